The minimum absolute atomic E-state index is 0.0930. The average Bonchev–Trinajstić information content (AvgIpc) is 2.54. The van der Waals surface area contributed by atoms with Crippen LogP contribution in [0.4, 0.5) is 5.69 Å². The maximum absolute atomic E-state index is 12.2. The quantitative estimate of drug-likeness (QED) is 0.642. The highest BCUT2D eigenvalue weighted by molar-refractivity contribution is 6.34. The maximum atomic E-state index is 12.2. The summed E-state index contributed by atoms with van der Waals surface area (Å²) in [4.78, 5) is 12.2. The van der Waals surface area contributed by atoms with Gasteiger partial charge in [-0.2, -0.15) is 0 Å². The van der Waals surface area contributed by atoms with Crippen LogP contribution in [0.1, 0.15) is 49.4 Å². The third kappa shape index (κ3) is 3.87. The van der Waals surface area contributed by atoms with E-state index < -0.39 is 0 Å². The molecule has 0 saturated heterocycles. The predicted molar refractivity (Wildman–Crippen MR) is 79.4 cm³/mol. The molecule has 1 fully saturated rings. The van der Waals surface area contributed by atoms with Crippen LogP contribution < -0.4 is 11.1 Å². The summed E-state index contributed by atoms with van der Waals surface area (Å²) in [5, 5.41) is 3.51. The van der Waals surface area contributed by atoms with Crippen molar-refractivity contribution in [2.24, 2.45) is 5.92 Å². The molecule has 1 aromatic rings. The van der Waals surface area contributed by atoms with Crippen molar-refractivity contribution < 1.29 is 4.79 Å². The molecular formula is C15H21ClN2O. The summed E-state index contributed by atoms with van der Waals surface area (Å²) in [6.45, 7) is 2.28. The number of nitrogen functional groups attached to an aromatic ring is 1. The van der Waals surface area contributed by atoms with Gasteiger partial charge in [-0.05, 0) is 43.4 Å². The monoisotopic (exact) mass is 280 g/mol. The van der Waals surface area contributed by atoms with Crippen LogP contribution in [-0.2, 0) is 0 Å². The largest absolute Gasteiger partial charge is 0.399 e. The van der Waals surface area contributed by atoms with Crippen molar-refractivity contribution in [1.82, 2.24) is 5.32 Å². The smallest absolute Gasteiger partial charge is 0.253 e. The van der Waals surface area contributed by atoms with Gasteiger partial charge in [0.2, 0.25) is 0 Å². The van der Waals surface area contributed by atoms with Crippen molar-refractivity contribution in [3.63, 3.8) is 0 Å². The zero-order valence-electron chi connectivity index (χ0n) is 11.3. The molecule has 0 bridgehead atoms. The lowest BCUT2D eigenvalue weighted by molar-refractivity contribution is 0.0933. The van der Waals surface area contributed by atoms with E-state index in [1.807, 2.05) is 0 Å². The molecule has 0 aromatic heterocycles. The standard InChI is InChI=1S/C15H21ClN2O/c1-10-3-2-4-12(7-5-10)18-15(19)13-8-6-11(17)9-14(13)16/h6,8-10,12H,2-5,7,17H2,1H3,(H,18,19). The predicted octanol–water partition coefficient (Wildman–Crippen LogP) is 3.62. The Hall–Kier alpha value is -1.22. The number of halogens is 1. The number of anilines is 1. The first-order valence-corrected chi connectivity index (χ1v) is 7.30. The van der Waals surface area contributed by atoms with Gasteiger partial charge >= 0.3 is 0 Å². The Morgan fingerprint density at radius 1 is 1.32 bits per heavy atom. The molecule has 0 aliphatic heterocycles. The molecule has 1 aliphatic carbocycles. The Bertz CT molecular complexity index is 461. The molecule has 104 valence electrons. The molecule has 4 heteroatoms. The topological polar surface area (TPSA) is 55.1 Å². The van der Waals surface area contributed by atoms with Crippen LogP contribution in [0.2, 0.25) is 5.02 Å². The Morgan fingerprint density at radius 3 is 2.84 bits per heavy atom. The molecular weight excluding hydrogens is 260 g/mol. The highest BCUT2D eigenvalue weighted by Crippen LogP contribution is 2.24. The Labute approximate surface area is 119 Å². The summed E-state index contributed by atoms with van der Waals surface area (Å²) in [5.41, 5.74) is 6.71. The summed E-state index contributed by atoms with van der Waals surface area (Å²) in [5.74, 6) is 0.673. The van der Waals surface area contributed by atoms with E-state index in [0.29, 0.717) is 16.3 Å². The lowest BCUT2D eigenvalue weighted by atomic mass is 10.0. The lowest BCUT2D eigenvalue weighted by Gasteiger charge is -2.17. The fourth-order valence-electron chi connectivity index (χ4n) is 2.61. The Morgan fingerprint density at radius 2 is 2.11 bits per heavy atom. The summed E-state index contributed by atoms with van der Waals surface area (Å²) in [6.07, 6.45) is 5.74. The van der Waals surface area contributed by atoms with Crippen LogP contribution in [0.25, 0.3) is 0 Å². The van der Waals surface area contributed by atoms with Gasteiger partial charge in [-0.3, -0.25) is 4.79 Å². The first kappa shape index (κ1) is 14.2. The van der Waals surface area contributed by atoms with Crippen LogP contribution in [0.3, 0.4) is 0 Å². The highest BCUT2D eigenvalue weighted by Gasteiger charge is 2.19. The minimum Gasteiger partial charge on any atom is -0.399 e. The van der Waals surface area contributed by atoms with Gasteiger partial charge in [0.15, 0.2) is 0 Å². The van der Waals surface area contributed by atoms with Crippen molar-refractivity contribution in [2.45, 2.75) is 45.1 Å². The minimum atomic E-state index is -0.0930. The number of nitrogens with one attached hydrogen (secondary N) is 1. The van der Waals surface area contributed by atoms with Gasteiger partial charge in [-0.25, -0.2) is 0 Å². The van der Waals surface area contributed by atoms with Gasteiger partial charge in [0, 0.05) is 11.7 Å². The molecule has 0 spiro atoms. The van der Waals surface area contributed by atoms with E-state index >= 15 is 0 Å². The van der Waals surface area contributed by atoms with Crippen LogP contribution in [0, 0.1) is 5.92 Å². The first-order chi connectivity index (χ1) is 9.06. The molecule has 1 saturated carbocycles. The summed E-state index contributed by atoms with van der Waals surface area (Å²) in [6, 6.07) is 5.28. The third-order valence-corrected chi connectivity index (χ3v) is 4.14. The van der Waals surface area contributed by atoms with Gasteiger partial charge < -0.3 is 11.1 Å². The highest BCUT2D eigenvalue weighted by atomic mass is 35.5. The number of rotatable bonds is 2. The maximum Gasteiger partial charge on any atom is 0.253 e. The van der Waals surface area contributed by atoms with Crippen molar-refractivity contribution in [2.75, 3.05) is 5.73 Å². The van der Waals surface area contributed by atoms with E-state index in [1.165, 1.54) is 19.3 Å². The normalized spacial score (nSPS) is 23.7. The summed E-state index contributed by atoms with van der Waals surface area (Å²) in [7, 11) is 0. The SMILES string of the molecule is CC1CCCC(NC(=O)c2ccc(N)cc2Cl)CC1. The first-order valence-electron chi connectivity index (χ1n) is 6.92. The summed E-state index contributed by atoms with van der Waals surface area (Å²) >= 11 is 6.06. The second kappa shape index (κ2) is 6.29. The molecule has 1 aliphatic rings. The molecule has 2 rings (SSSR count). The third-order valence-electron chi connectivity index (χ3n) is 3.83. The summed E-state index contributed by atoms with van der Waals surface area (Å²) < 4.78 is 0. The van der Waals surface area contributed by atoms with Crippen molar-refractivity contribution in [3.8, 4) is 0 Å². The molecule has 3 N–H and O–H groups in total. The molecule has 19 heavy (non-hydrogen) atoms. The van der Waals surface area contributed by atoms with Crippen molar-refractivity contribution >= 4 is 23.2 Å². The van der Waals surface area contributed by atoms with E-state index in [4.69, 9.17) is 17.3 Å². The molecule has 3 nitrogen and oxygen atoms in total. The zero-order valence-corrected chi connectivity index (χ0v) is 12.0. The number of nitrogens with two attached hydrogens (primary N) is 1. The molecule has 1 amide bonds. The number of hydrogen-bond donors (Lipinski definition) is 2. The molecule has 0 radical (unpaired) electrons. The van der Waals surface area contributed by atoms with E-state index in [2.05, 4.69) is 12.2 Å². The Kier molecular flexibility index (Phi) is 4.70. The molecule has 2 atom stereocenters. The number of amides is 1. The van der Waals surface area contributed by atoms with E-state index in [9.17, 15) is 4.79 Å². The Balaban J connectivity index is 2.00. The van der Waals surface area contributed by atoms with Gasteiger partial charge in [0.1, 0.15) is 0 Å². The number of carbonyl (C=O) groups excluding carboxylic acids is 1. The van der Waals surface area contributed by atoms with Crippen molar-refractivity contribution in [1.29, 1.82) is 0 Å². The fraction of sp³-hybridized carbons (Fsp3) is 0.533. The fourth-order valence-corrected chi connectivity index (χ4v) is 2.88. The van der Waals surface area contributed by atoms with Gasteiger partial charge in [-0.1, -0.05) is 31.4 Å². The zero-order chi connectivity index (χ0) is 13.8. The number of carbonyl (C=O) groups is 1. The van der Waals surface area contributed by atoms with Gasteiger partial charge in [-0.15, -0.1) is 0 Å². The second-order valence-corrected chi connectivity index (χ2v) is 5.93. The second-order valence-electron chi connectivity index (χ2n) is 5.52. The molecule has 2 unspecified atom stereocenters. The average molecular weight is 281 g/mol. The van der Waals surface area contributed by atoms with Crippen LogP contribution in [0.15, 0.2) is 18.2 Å². The van der Waals surface area contributed by atoms with Crippen LogP contribution in [-0.4, -0.2) is 11.9 Å². The van der Waals surface area contributed by atoms with Gasteiger partial charge in [0.05, 0.1) is 10.6 Å². The lowest BCUT2D eigenvalue weighted by Crippen LogP contribution is -2.34. The van der Waals surface area contributed by atoms with E-state index in [0.717, 1.165) is 18.8 Å². The van der Waals surface area contributed by atoms with Crippen molar-refractivity contribution in [3.05, 3.63) is 28.8 Å². The van der Waals surface area contributed by atoms with Gasteiger partial charge in [0.25, 0.3) is 5.91 Å². The van der Waals surface area contributed by atoms with E-state index in [1.54, 1.807) is 18.2 Å². The van der Waals surface area contributed by atoms with Crippen LogP contribution in [0.5, 0.6) is 0 Å². The number of benzene rings is 1. The molecule has 0 heterocycles. The number of hydrogen-bond acceptors (Lipinski definition) is 2. The van der Waals surface area contributed by atoms with Crippen LogP contribution >= 0.6 is 11.6 Å². The van der Waals surface area contributed by atoms with E-state index in [-0.39, 0.29) is 11.9 Å². The molecule has 1 aromatic carbocycles.